The molecule has 0 saturated heterocycles. The molecule has 0 unspecified atom stereocenters. The molecule has 2 rings (SSSR count). The Balaban J connectivity index is 1.88. The van der Waals surface area contributed by atoms with E-state index < -0.39 is 5.97 Å². The van der Waals surface area contributed by atoms with Crippen LogP contribution in [0.15, 0.2) is 60.7 Å². The van der Waals surface area contributed by atoms with Crippen LogP contribution >= 0.6 is 0 Å². The van der Waals surface area contributed by atoms with E-state index in [1.54, 1.807) is 12.2 Å². The third-order valence-electron chi connectivity index (χ3n) is 2.73. The molecular weight excluding hydrogens is 252 g/mol. The van der Waals surface area contributed by atoms with Gasteiger partial charge in [-0.3, -0.25) is 4.79 Å². The molecule has 0 atom stereocenters. The molecule has 0 radical (unpaired) electrons. The van der Waals surface area contributed by atoms with Crippen LogP contribution in [0.3, 0.4) is 0 Å². The highest BCUT2D eigenvalue weighted by Gasteiger charge is 1.96. The Morgan fingerprint density at radius 2 is 1.75 bits per heavy atom. The van der Waals surface area contributed by atoms with Crippen LogP contribution in [0, 0.1) is 0 Å². The minimum absolute atomic E-state index is 0.0340. The maximum Gasteiger partial charge on any atom is 0.307 e. The summed E-state index contributed by atoms with van der Waals surface area (Å²) in [6.07, 6.45) is 3.45. The summed E-state index contributed by atoms with van der Waals surface area (Å²) in [4.78, 5) is 10.4. The number of benzene rings is 2. The monoisotopic (exact) mass is 268 g/mol. The van der Waals surface area contributed by atoms with Gasteiger partial charge in [0.25, 0.3) is 0 Å². The highest BCUT2D eigenvalue weighted by Crippen LogP contribution is 2.15. The molecule has 0 aliphatic carbocycles. The van der Waals surface area contributed by atoms with Gasteiger partial charge in [-0.15, -0.1) is 0 Å². The van der Waals surface area contributed by atoms with Crippen molar-refractivity contribution < 1.29 is 14.6 Å². The fourth-order valence-corrected chi connectivity index (χ4v) is 1.71. The van der Waals surface area contributed by atoms with E-state index in [4.69, 9.17) is 9.84 Å². The smallest absolute Gasteiger partial charge is 0.307 e. The maximum absolute atomic E-state index is 10.4. The maximum atomic E-state index is 10.4. The van der Waals surface area contributed by atoms with Gasteiger partial charge in [0.05, 0.1) is 6.42 Å². The highest BCUT2D eigenvalue weighted by molar-refractivity contribution is 5.70. The number of carbonyl (C=O) groups is 1. The van der Waals surface area contributed by atoms with Gasteiger partial charge in [-0.05, 0) is 23.3 Å². The summed E-state index contributed by atoms with van der Waals surface area (Å²) in [5, 5.41) is 8.54. The van der Waals surface area contributed by atoms with E-state index in [0.717, 1.165) is 16.9 Å². The molecule has 2 aromatic rings. The van der Waals surface area contributed by atoms with E-state index in [0.29, 0.717) is 6.61 Å². The second kappa shape index (κ2) is 7.14. The number of ether oxygens (including phenoxy) is 1. The predicted octanol–water partition coefficient (Wildman–Crippen LogP) is 3.75. The van der Waals surface area contributed by atoms with Crippen LogP contribution in [0.4, 0.5) is 0 Å². The van der Waals surface area contributed by atoms with Crippen molar-refractivity contribution >= 4 is 12.0 Å². The Morgan fingerprint density at radius 1 is 1.05 bits per heavy atom. The van der Waals surface area contributed by atoms with Gasteiger partial charge in [-0.1, -0.05) is 54.6 Å². The van der Waals surface area contributed by atoms with Crippen LogP contribution in [-0.2, 0) is 11.4 Å². The topological polar surface area (TPSA) is 46.5 Å². The molecule has 3 heteroatoms. The first kappa shape index (κ1) is 13.9. The zero-order valence-corrected chi connectivity index (χ0v) is 11.0. The SMILES string of the molecule is O=C(O)CC=Cc1ccc(OCc2ccccc2)cc1. The molecule has 3 nitrogen and oxygen atoms in total. The lowest BCUT2D eigenvalue weighted by Gasteiger charge is -2.06. The Hall–Kier alpha value is -2.55. The van der Waals surface area contributed by atoms with E-state index in [2.05, 4.69) is 0 Å². The average molecular weight is 268 g/mol. The van der Waals surface area contributed by atoms with Gasteiger partial charge < -0.3 is 9.84 Å². The van der Waals surface area contributed by atoms with Crippen LogP contribution in [0.25, 0.3) is 6.08 Å². The Morgan fingerprint density at radius 3 is 2.40 bits per heavy atom. The average Bonchev–Trinajstić information content (AvgIpc) is 2.47. The van der Waals surface area contributed by atoms with Crippen molar-refractivity contribution in [1.82, 2.24) is 0 Å². The van der Waals surface area contributed by atoms with Crippen LogP contribution < -0.4 is 4.74 Å². The van der Waals surface area contributed by atoms with Crippen molar-refractivity contribution in [3.8, 4) is 5.75 Å². The third-order valence-corrected chi connectivity index (χ3v) is 2.73. The second-order valence-electron chi connectivity index (χ2n) is 4.34. The van der Waals surface area contributed by atoms with Gasteiger partial charge in [0, 0.05) is 0 Å². The Labute approximate surface area is 118 Å². The zero-order chi connectivity index (χ0) is 14.2. The third kappa shape index (κ3) is 4.61. The van der Waals surface area contributed by atoms with Crippen molar-refractivity contribution in [1.29, 1.82) is 0 Å². The van der Waals surface area contributed by atoms with E-state index in [1.165, 1.54) is 0 Å². The quantitative estimate of drug-likeness (QED) is 0.867. The van der Waals surface area contributed by atoms with Gasteiger partial charge in [0.1, 0.15) is 12.4 Å². The van der Waals surface area contributed by atoms with Crippen LogP contribution in [0.5, 0.6) is 5.75 Å². The van der Waals surface area contributed by atoms with Gasteiger partial charge in [-0.25, -0.2) is 0 Å². The normalized spacial score (nSPS) is 10.6. The van der Waals surface area contributed by atoms with Crippen LogP contribution in [0.1, 0.15) is 17.5 Å². The Bertz CT molecular complexity index is 571. The van der Waals surface area contributed by atoms with E-state index in [1.807, 2.05) is 54.6 Å². The van der Waals surface area contributed by atoms with Gasteiger partial charge in [0.2, 0.25) is 0 Å². The first-order valence-corrected chi connectivity index (χ1v) is 6.39. The molecule has 0 saturated carbocycles. The molecule has 0 heterocycles. The summed E-state index contributed by atoms with van der Waals surface area (Å²) in [5.41, 5.74) is 2.08. The zero-order valence-electron chi connectivity index (χ0n) is 11.0. The number of hydrogen-bond donors (Lipinski definition) is 1. The molecule has 0 aliphatic rings. The number of hydrogen-bond acceptors (Lipinski definition) is 2. The largest absolute Gasteiger partial charge is 0.489 e. The molecule has 1 N–H and O–H groups in total. The standard InChI is InChI=1S/C17H16O3/c18-17(19)8-4-7-14-9-11-16(12-10-14)20-13-15-5-2-1-3-6-15/h1-7,9-12H,8,13H2,(H,18,19). The predicted molar refractivity (Wildman–Crippen MR) is 78.5 cm³/mol. The van der Waals surface area contributed by atoms with Crippen LogP contribution in [0.2, 0.25) is 0 Å². The van der Waals surface area contributed by atoms with E-state index in [-0.39, 0.29) is 6.42 Å². The molecule has 0 spiro atoms. The number of aliphatic carboxylic acids is 1. The van der Waals surface area contributed by atoms with Crippen molar-refractivity contribution in [2.24, 2.45) is 0 Å². The lowest BCUT2D eigenvalue weighted by Crippen LogP contribution is -1.94. The summed E-state index contributed by atoms with van der Waals surface area (Å²) in [6.45, 7) is 0.537. The molecule has 2 aromatic carbocycles. The minimum atomic E-state index is -0.830. The second-order valence-corrected chi connectivity index (χ2v) is 4.34. The molecule has 0 amide bonds. The molecule has 102 valence electrons. The van der Waals surface area contributed by atoms with E-state index >= 15 is 0 Å². The molecule has 0 fully saturated rings. The summed E-state index contributed by atoms with van der Waals surface area (Å²) in [5.74, 6) is -0.0340. The molecule has 0 bridgehead atoms. The fourth-order valence-electron chi connectivity index (χ4n) is 1.71. The number of carboxylic acid groups (broad SMARTS) is 1. The first-order chi connectivity index (χ1) is 9.74. The molecular formula is C17H16O3. The summed E-state index contributed by atoms with van der Waals surface area (Å²) < 4.78 is 5.67. The van der Waals surface area contributed by atoms with Gasteiger partial charge in [-0.2, -0.15) is 0 Å². The van der Waals surface area contributed by atoms with Crippen molar-refractivity contribution in [3.63, 3.8) is 0 Å². The molecule has 0 aromatic heterocycles. The molecule has 0 aliphatic heterocycles. The summed E-state index contributed by atoms with van der Waals surface area (Å²) in [7, 11) is 0. The van der Waals surface area contributed by atoms with Gasteiger partial charge in [0.15, 0.2) is 0 Å². The fraction of sp³-hybridized carbons (Fsp3) is 0.118. The summed E-state index contributed by atoms with van der Waals surface area (Å²) in [6, 6.07) is 17.5. The summed E-state index contributed by atoms with van der Waals surface area (Å²) >= 11 is 0. The highest BCUT2D eigenvalue weighted by atomic mass is 16.5. The number of carboxylic acids is 1. The van der Waals surface area contributed by atoms with E-state index in [9.17, 15) is 4.79 Å². The lowest BCUT2D eigenvalue weighted by atomic mass is 10.2. The Kier molecular flexibility index (Phi) is 4.95. The van der Waals surface area contributed by atoms with Crippen molar-refractivity contribution in [2.45, 2.75) is 13.0 Å². The van der Waals surface area contributed by atoms with Crippen molar-refractivity contribution in [3.05, 3.63) is 71.8 Å². The van der Waals surface area contributed by atoms with Crippen LogP contribution in [-0.4, -0.2) is 11.1 Å². The van der Waals surface area contributed by atoms with Gasteiger partial charge >= 0.3 is 5.97 Å². The molecule has 20 heavy (non-hydrogen) atoms. The first-order valence-electron chi connectivity index (χ1n) is 6.39. The lowest BCUT2D eigenvalue weighted by molar-refractivity contribution is -0.135. The minimum Gasteiger partial charge on any atom is -0.489 e. The van der Waals surface area contributed by atoms with Crippen molar-refractivity contribution in [2.75, 3.05) is 0 Å². The number of rotatable bonds is 6.